The summed E-state index contributed by atoms with van der Waals surface area (Å²) in [5.74, 6) is 0. The molecular formula is C22H28N2. The minimum Gasteiger partial charge on any atom is -0.352 e. The van der Waals surface area contributed by atoms with Crippen molar-refractivity contribution in [3.63, 3.8) is 0 Å². The molecule has 0 aromatic heterocycles. The number of fused-ring (bicyclic) bond motifs is 5. The number of anilines is 3. The second-order valence-corrected chi connectivity index (χ2v) is 7.82. The average Bonchev–Trinajstić information content (AvgIpc) is 2.93. The third-order valence-corrected chi connectivity index (χ3v) is 7.16. The molecule has 2 aromatic rings. The van der Waals surface area contributed by atoms with Gasteiger partial charge in [0.15, 0.2) is 0 Å². The van der Waals surface area contributed by atoms with Crippen LogP contribution in [-0.2, 0) is 5.41 Å². The number of rotatable bonds is 2. The van der Waals surface area contributed by atoms with Crippen molar-refractivity contribution in [1.29, 1.82) is 0 Å². The Hall–Kier alpha value is -1.96. The minimum absolute atomic E-state index is 0.163. The molecule has 4 rings (SSSR count). The van der Waals surface area contributed by atoms with Gasteiger partial charge in [0, 0.05) is 23.6 Å². The predicted octanol–water partition coefficient (Wildman–Crippen LogP) is 5.70. The molecule has 3 unspecified atom stereocenters. The molecule has 0 amide bonds. The Balaban J connectivity index is 2.06. The Kier molecular flexibility index (Phi) is 3.25. The van der Waals surface area contributed by atoms with Crippen LogP contribution in [0.5, 0.6) is 0 Å². The van der Waals surface area contributed by atoms with Crippen molar-refractivity contribution in [3.05, 3.63) is 54.1 Å². The van der Waals surface area contributed by atoms with Crippen molar-refractivity contribution in [2.24, 2.45) is 5.41 Å². The van der Waals surface area contributed by atoms with E-state index in [1.165, 1.54) is 22.6 Å². The maximum atomic E-state index is 2.59. The fourth-order valence-corrected chi connectivity index (χ4v) is 5.29. The number of nitrogens with zero attached hydrogens (tertiary/aromatic N) is 2. The van der Waals surface area contributed by atoms with Gasteiger partial charge in [0.25, 0.3) is 0 Å². The first-order valence-electron chi connectivity index (χ1n) is 9.20. The predicted molar refractivity (Wildman–Crippen MR) is 103 cm³/mol. The van der Waals surface area contributed by atoms with Crippen molar-refractivity contribution in [1.82, 2.24) is 0 Å². The summed E-state index contributed by atoms with van der Waals surface area (Å²) in [4.78, 5) is 5.09. The van der Waals surface area contributed by atoms with Gasteiger partial charge in [-0.1, -0.05) is 58.0 Å². The van der Waals surface area contributed by atoms with Gasteiger partial charge in [-0.15, -0.1) is 0 Å². The lowest BCUT2D eigenvalue weighted by Gasteiger charge is -2.58. The number of benzene rings is 2. The highest BCUT2D eigenvalue weighted by Gasteiger charge is 2.59. The van der Waals surface area contributed by atoms with E-state index in [0.29, 0.717) is 6.17 Å². The van der Waals surface area contributed by atoms with E-state index in [1.807, 2.05) is 0 Å². The first-order chi connectivity index (χ1) is 11.5. The van der Waals surface area contributed by atoms with E-state index < -0.39 is 0 Å². The maximum absolute atomic E-state index is 2.59. The Labute approximate surface area is 146 Å². The molecule has 0 saturated heterocycles. The van der Waals surface area contributed by atoms with Crippen molar-refractivity contribution >= 4 is 17.1 Å². The number of para-hydroxylation sites is 3. The third-order valence-electron chi connectivity index (χ3n) is 7.16. The van der Waals surface area contributed by atoms with Gasteiger partial charge < -0.3 is 9.80 Å². The minimum atomic E-state index is 0.163. The SMILES string of the molecule is CCC1(C)c2ccccc2N2c3ccccc3N(C)C2C1(C)CC. The van der Waals surface area contributed by atoms with Crippen LogP contribution in [0.1, 0.15) is 46.1 Å². The highest BCUT2D eigenvalue weighted by Crippen LogP contribution is 2.62. The monoisotopic (exact) mass is 320 g/mol. The molecule has 0 radical (unpaired) electrons. The van der Waals surface area contributed by atoms with Crippen LogP contribution in [0, 0.1) is 5.41 Å². The summed E-state index contributed by atoms with van der Waals surface area (Å²) in [5.41, 5.74) is 5.90. The van der Waals surface area contributed by atoms with Crippen molar-refractivity contribution in [2.75, 3.05) is 16.8 Å². The summed E-state index contributed by atoms with van der Waals surface area (Å²) in [6.45, 7) is 9.68. The fourth-order valence-electron chi connectivity index (χ4n) is 5.29. The molecule has 126 valence electrons. The second kappa shape index (κ2) is 5.02. The molecular weight excluding hydrogens is 292 g/mol. The summed E-state index contributed by atoms with van der Waals surface area (Å²) in [5, 5.41) is 0. The Bertz CT molecular complexity index is 783. The van der Waals surface area contributed by atoms with Gasteiger partial charge in [-0.2, -0.15) is 0 Å². The van der Waals surface area contributed by atoms with Gasteiger partial charge in [-0.05, 0) is 36.6 Å². The normalized spacial score (nSPS) is 30.8. The summed E-state index contributed by atoms with van der Waals surface area (Å²) in [6, 6.07) is 17.9. The lowest BCUT2D eigenvalue weighted by Crippen LogP contribution is -2.62. The smallest absolute Gasteiger partial charge is 0.112 e. The van der Waals surface area contributed by atoms with Crippen LogP contribution in [0.4, 0.5) is 17.1 Å². The zero-order valence-electron chi connectivity index (χ0n) is 15.5. The summed E-state index contributed by atoms with van der Waals surface area (Å²) in [6.07, 6.45) is 2.67. The van der Waals surface area contributed by atoms with Crippen LogP contribution in [0.2, 0.25) is 0 Å². The molecule has 3 atom stereocenters. The topological polar surface area (TPSA) is 6.48 Å². The molecule has 2 aliphatic rings. The van der Waals surface area contributed by atoms with Crippen LogP contribution < -0.4 is 9.80 Å². The molecule has 0 aliphatic carbocycles. The maximum Gasteiger partial charge on any atom is 0.112 e. The Morgan fingerprint density at radius 3 is 2.04 bits per heavy atom. The summed E-state index contributed by atoms with van der Waals surface area (Å²) in [7, 11) is 2.27. The average molecular weight is 320 g/mol. The second-order valence-electron chi connectivity index (χ2n) is 7.82. The van der Waals surface area contributed by atoms with Gasteiger partial charge in [-0.25, -0.2) is 0 Å². The van der Waals surface area contributed by atoms with E-state index in [9.17, 15) is 0 Å². The fraction of sp³-hybridized carbons (Fsp3) is 0.455. The molecule has 2 nitrogen and oxygen atoms in total. The Morgan fingerprint density at radius 1 is 0.833 bits per heavy atom. The van der Waals surface area contributed by atoms with E-state index in [4.69, 9.17) is 0 Å². The summed E-state index contributed by atoms with van der Waals surface area (Å²) < 4.78 is 0. The zero-order valence-corrected chi connectivity index (χ0v) is 15.5. The number of hydrogen-bond acceptors (Lipinski definition) is 2. The highest BCUT2D eigenvalue weighted by molar-refractivity contribution is 5.86. The molecule has 24 heavy (non-hydrogen) atoms. The lowest BCUT2D eigenvalue weighted by atomic mass is 9.55. The van der Waals surface area contributed by atoms with E-state index in [2.05, 4.69) is 93.1 Å². The molecule has 0 N–H and O–H groups in total. The van der Waals surface area contributed by atoms with Crippen LogP contribution in [0.3, 0.4) is 0 Å². The molecule has 2 heterocycles. The molecule has 0 spiro atoms. The quantitative estimate of drug-likeness (QED) is 0.700. The molecule has 0 fully saturated rings. The van der Waals surface area contributed by atoms with E-state index in [-0.39, 0.29) is 10.8 Å². The molecule has 0 saturated carbocycles. The van der Waals surface area contributed by atoms with Crippen molar-refractivity contribution in [3.8, 4) is 0 Å². The Morgan fingerprint density at radius 2 is 1.42 bits per heavy atom. The largest absolute Gasteiger partial charge is 0.352 e. The van der Waals surface area contributed by atoms with E-state index >= 15 is 0 Å². The van der Waals surface area contributed by atoms with Crippen molar-refractivity contribution in [2.45, 2.75) is 52.1 Å². The number of hydrogen-bond donors (Lipinski definition) is 0. The first-order valence-corrected chi connectivity index (χ1v) is 9.20. The van der Waals surface area contributed by atoms with Crippen molar-refractivity contribution < 1.29 is 0 Å². The van der Waals surface area contributed by atoms with Gasteiger partial charge >= 0.3 is 0 Å². The van der Waals surface area contributed by atoms with Gasteiger partial charge in [0.2, 0.25) is 0 Å². The molecule has 2 aliphatic heterocycles. The van der Waals surface area contributed by atoms with Crippen LogP contribution in [0.15, 0.2) is 48.5 Å². The lowest BCUT2D eigenvalue weighted by molar-refractivity contribution is 0.0944. The molecule has 2 aromatic carbocycles. The zero-order chi connectivity index (χ0) is 17.1. The van der Waals surface area contributed by atoms with Crippen LogP contribution in [0.25, 0.3) is 0 Å². The van der Waals surface area contributed by atoms with Crippen LogP contribution >= 0.6 is 0 Å². The van der Waals surface area contributed by atoms with Gasteiger partial charge in [0.1, 0.15) is 6.17 Å². The molecule has 0 bridgehead atoms. The van der Waals surface area contributed by atoms with Crippen LogP contribution in [-0.4, -0.2) is 13.2 Å². The van der Waals surface area contributed by atoms with E-state index in [0.717, 1.165) is 12.8 Å². The van der Waals surface area contributed by atoms with Gasteiger partial charge in [-0.3, -0.25) is 0 Å². The summed E-state index contributed by atoms with van der Waals surface area (Å²) >= 11 is 0. The molecule has 2 heteroatoms. The third kappa shape index (κ3) is 1.62. The van der Waals surface area contributed by atoms with E-state index in [1.54, 1.807) is 0 Å². The first kappa shape index (κ1) is 15.6. The highest BCUT2D eigenvalue weighted by atomic mass is 15.4. The standard InChI is InChI=1S/C22H28N2/c1-6-21(3)16-12-8-9-13-17(16)24-19-15-11-10-14-18(19)23(5)20(24)22(21,4)7-2/h8-15,20H,6-7H2,1-5H3. The van der Waals surface area contributed by atoms with Gasteiger partial charge in [0.05, 0.1) is 11.4 Å².